The fraction of sp³-hybridized carbons (Fsp3) is 0.304. The van der Waals surface area contributed by atoms with Gasteiger partial charge in [0.2, 0.25) is 0 Å². The first-order chi connectivity index (χ1) is 15.8. The molecular weight excluding hydrogens is 434 g/mol. The van der Waals surface area contributed by atoms with Crippen LogP contribution < -0.4 is 9.47 Å². The lowest BCUT2D eigenvalue weighted by atomic mass is 10.1. The molecule has 0 atom stereocenters. The lowest BCUT2D eigenvalue weighted by molar-refractivity contribution is -0.144. The molecule has 0 heterocycles. The maximum atomic E-state index is 12.9. The number of carbonyl (C=O) groups is 4. The van der Waals surface area contributed by atoms with Crippen LogP contribution in [0.4, 0.5) is 4.79 Å². The van der Waals surface area contributed by atoms with Gasteiger partial charge in [-0.05, 0) is 17.7 Å². The third-order valence-electron chi connectivity index (χ3n) is 4.31. The van der Waals surface area contributed by atoms with Gasteiger partial charge in [0.25, 0.3) is 0 Å². The van der Waals surface area contributed by atoms with Crippen LogP contribution in [0.3, 0.4) is 0 Å². The third kappa shape index (κ3) is 7.84. The minimum absolute atomic E-state index is 0.0454. The first kappa shape index (κ1) is 25.2. The number of rotatable bonds is 11. The average Bonchev–Trinajstić information content (AvgIpc) is 2.84. The molecule has 0 N–H and O–H groups in total. The molecule has 0 saturated heterocycles. The molecule has 2 aromatic rings. The number of hydrogen-bond acceptors (Lipinski definition) is 9. The van der Waals surface area contributed by atoms with Crippen LogP contribution in [0.15, 0.2) is 48.5 Å². The minimum atomic E-state index is -0.692. The van der Waals surface area contributed by atoms with Gasteiger partial charge in [-0.15, -0.1) is 0 Å². The highest BCUT2D eigenvalue weighted by atomic mass is 16.6. The molecule has 0 saturated carbocycles. The number of likely N-dealkylation sites (N-methyl/N-ethyl adjacent to an activating group) is 1. The third-order valence-corrected chi connectivity index (χ3v) is 4.31. The Bertz CT molecular complexity index is 975. The van der Waals surface area contributed by atoms with Gasteiger partial charge in [0.15, 0.2) is 30.5 Å². The van der Waals surface area contributed by atoms with Crippen molar-refractivity contribution >= 4 is 23.8 Å². The van der Waals surface area contributed by atoms with Gasteiger partial charge in [0.05, 0.1) is 26.3 Å². The Labute approximate surface area is 190 Å². The van der Waals surface area contributed by atoms with Crippen molar-refractivity contribution in [3.63, 3.8) is 0 Å². The van der Waals surface area contributed by atoms with Gasteiger partial charge >= 0.3 is 18.0 Å². The summed E-state index contributed by atoms with van der Waals surface area (Å²) in [5, 5.41) is 0. The van der Waals surface area contributed by atoms with Crippen LogP contribution in [-0.2, 0) is 30.4 Å². The summed E-state index contributed by atoms with van der Waals surface area (Å²) in [5.41, 5.74) is 0.850. The van der Waals surface area contributed by atoms with E-state index in [9.17, 15) is 19.2 Å². The fourth-order valence-corrected chi connectivity index (χ4v) is 2.58. The summed E-state index contributed by atoms with van der Waals surface area (Å²) in [7, 11) is 3.80. The highest BCUT2D eigenvalue weighted by molar-refractivity contribution is 6.02. The summed E-state index contributed by atoms with van der Waals surface area (Å²) in [6.45, 7) is -1.20. The minimum Gasteiger partial charge on any atom is -0.478 e. The number of esters is 2. The summed E-state index contributed by atoms with van der Waals surface area (Å²) in [6.07, 6.45) is -0.692. The van der Waals surface area contributed by atoms with Gasteiger partial charge in [-0.3, -0.25) is 4.79 Å². The summed E-state index contributed by atoms with van der Waals surface area (Å²) >= 11 is 0. The zero-order chi connectivity index (χ0) is 24.2. The number of ether oxygens (including phenoxy) is 5. The highest BCUT2D eigenvalue weighted by Crippen LogP contribution is 2.32. The number of Topliss-reactive ketones (excluding diaryl/α,β-unsaturated/α-hetero) is 1. The van der Waals surface area contributed by atoms with Crippen molar-refractivity contribution in [2.75, 3.05) is 41.0 Å². The van der Waals surface area contributed by atoms with Crippen molar-refractivity contribution in [3.05, 3.63) is 59.7 Å². The Morgan fingerprint density at radius 1 is 0.818 bits per heavy atom. The second-order valence-corrected chi connectivity index (χ2v) is 6.68. The molecule has 0 aromatic heterocycles. The van der Waals surface area contributed by atoms with Crippen molar-refractivity contribution in [2.24, 2.45) is 0 Å². The Kier molecular flexibility index (Phi) is 9.69. The van der Waals surface area contributed by atoms with Crippen LogP contribution in [0, 0.1) is 0 Å². The molecule has 2 aromatic carbocycles. The van der Waals surface area contributed by atoms with E-state index in [0.717, 1.165) is 10.5 Å². The van der Waals surface area contributed by atoms with E-state index in [1.807, 2.05) is 30.3 Å². The van der Waals surface area contributed by atoms with E-state index in [0.29, 0.717) is 0 Å². The highest BCUT2D eigenvalue weighted by Gasteiger charge is 2.22. The standard InChI is InChI=1S/C23H25NO9/c1-24(23(28)33-13-16-8-5-4-6-9-16)12-18(25)17-10-7-11-19(31-14-20(26)29-2)22(17)32-15-21(27)30-3/h4-11H,12-15H2,1-3H3. The van der Waals surface area contributed by atoms with Gasteiger partial charge < -0.3 is 28.6 Å². The van der Waals surface area contributed by atoms with E-state index in [4.69, 9.17) is 14.2 Å². The molecule has 0 spiro atoms. The molecule has 2 rings (SSSR count). The predicted octanol–water partition coefficient (Wildman–Crippen LogP) is 2.24. The van der Waals surface area contributed by atoms with E-state index in [2.05, 4.69) is 9.47 Å². The first-order valence-electron chi connectivity index (χ1n) is 9.83. The van der Waals surface area contributed by atoms with Gasteiger partial charge in [-0.2, -0.15) is 0 Å². The molecule has 0 aliphatic carbocycles. The second-order valence-electron chi connectivity index (χ2n) is 6.68. The summed E-state index contributed by atoms with van der Waals surface area (Å²) in [4.78, 5) is 49.3. The normalized spacial score (nSPS) is 10.0. The maximum absolute atomic E-state index is 12.9. The van der Waals surface area contributed by atoms with Gasteiger partial charge in [0.1, 0.15) is 6.61 Å². The van der Waals surface area contributed by atoms with E-state index < -0.39 is 37.0 Å². The van der Waals surface area contributed by atoms with E-state index in [1.165, 1.54) is 39.5 Å². The average molecular weight is 459 g/mol. The molecule has 0 unspecified atom stereocenters. The summed E-state index contributed by atoms with van der Waals surface area (Å²) in [6, 6.07) is 13.5. The van der Waals surface area contributed by atoms with E-state index in [-0.39, 0.29) is 30.2 Å². The molecule has 176 valence electrons. The van der Waals surface area contributed by atoms with Gasteiger partial charge in [0, 0.05) is 7.05 Å². The van der Waals surface area contributed by atoms with Crippen molar-refractivity contribution in [1.82, 2.24) is 4.90 Å². The van der Waals surface area contributed by atoms with Crippen LogP contribution >= 0.6 is 0 Å². The Hall–Kier alpha value is -4.08. The Morgan fingerprint density at radius 3 is 2.09 bits per heavy atom. The summed E-state index contributed by atoms with van der Waals surface area (Å²) < 4.78 is 25.1. The molecule has 1 amide bonds. The number of ketones is 1. The smallest absolute Gasteiger partial charge is 0.410 e. The zero-order valence-corrected chi connectivity index (χ0v) is 18.6. The number of para-hydroxylation sites is 1. The van der Waals surface area contributed by atoms with Crippen molar-refractivity contribution < 1.29 is 42.9 Å². The van der Waals surface area contributed by atoms with Crippen molar-refractivity contribution in [2.45, 2.75) is 6.61 Å². The summed E-state index contributed by atoms with van der Waals surface area (Å²) in [5.74, 6) is -1.85. The first-order valence-corrected chi connectivity index (χ1v) is 9.83. The van der Waals surface area contributed by atoms with E-state index >= 15 is 0 Å². The number of methoxy groups -OCH3 is 2. The van der Waals surface area contributed by atoms with Gasteiger partial charge in [-0.1, -0.05) is 36.4 Å². The Balaban J connectivity index is 2.12. The van der Waals surface area contributed by atoms with Crippen LogP contribution in [0.2, 0.25) is 0 Å². The predicted molar refractivity (Wildman–Crippen MR) is 115 cm³/mol. The number of benzene rings is 2. The number of amides is 1. The van der Waals surface area contributed by atoms with Crippen LogP contribution in [0.25, 0.3) is 0 Å². The largest absolute Gasteiger partial charge is 0.478 e. The SMILES string of the molecule is COC(=O)COc1cccc(C(=O)CN(C)C(=O)OCc2ccccc2)c1OCC(=O)OC. The molecule has 0 bridgehead atoms. The van der Waals surface area contributed by atoms with E-state index in [1.54, 1.807) is 0 Å². The molecule has 0 aliphatic rings. The molecule has 10 nitrogen and oxygen atoms in total. The Morgan fingerprint density at radius 2 is 1.45 bits per heavy atom. The van der Waals surface area contributed by atoms with Crippen LogP contribution in [-0.4, -0.2) is 69.7 Å². The lowest BCUT2D eigenvalue weighted by Crippen LogP contribution is -2.32. The zero-order valence-electron chi connectivity index (χ0n) is 18.6. The van der Waals surface area contributed by atoms with Crippen molar-refractivity contribution in [1.29, 1.82) is 0 Å². The molecule has 10 heteroatoms. The molecule has 0 aliphatic heterocycles. The molecule has 33 heavy (non-hydrogen) atoms. The maximum Gasteiger partial charge on any atom is 0.410 e. The van der Waals surface area contributed by atoms with Gasteiger partial charge in [-0.25, -0.2) is 14.4 Å². The number of carbonyl (C=O) groups excluding carboxylic acids is 4. The molecule has 0 fully saturated rings. The van der Waals surface area contributed by atoms with Crippen LogP contribution in [0.5, 0.6) is 11.5 Å². The molecular formula is C23H25NO9. The molecule has 0 radical (unpaired) electrons. The monoisotopic (exact) mass is 459 g/mol. The van der Waals surface area contributed by atoms with Crippen molar-refractivity contribution in [3.8, 4) is 11.5 Å². The number of nitrogens with zero attached hydrogens (tertiary/aromatic N) is 1. The topological polar surface area (TPSA) is 118 Å². The number of hydrogen-bond donors (Lipinski definition) is 0. The van der Waals surface area contributed by atoms with Crippen LogP contribution in [0.1, 0.15) is 15.9 Å². The fourth-order valence-electron chi connectivity index (χ4n) is 2.58. The lowest BCUT2D eigenvalue weighted by Gasteiger charge is -2.18. The quantitative estimate of drug-likeness (QED) is 0.283. The second kappa shape index (κ2) is 12.7.